The number of nitrogens with zero attached hydrogens (tertiary/aromatic N) is 2. The van der Waals surface area contributed by atoms with E-state index in [2.05, 4.69) is 4.98 Å². The van der Waals surface area contributed by atoms with Crippen LogP contribution in [0.15, 0.2) is 43.0 Å². The number of imidazole rings is 1. The monoisotopic (exact) mass is 204 g/mol. The Kier molecular flexibility index (Phi) is 2.99. The van der Waals surface area contributed by atoms with E-state index in [4.69, 9.17) is 9.84 Å². The second-order valence-electron chi connectivity index (χ2n) is 3.04. The summed E-state index contributed by atoms with van der Waals surface area (Å²) in [6.07, 6.45) is 5.35. The molecule has 0 amide bonds. The SMILES string of the molecule is OCCOc1ccc(-n2ccnc2)cc1. The molecule has 4 nitrogen and oxygen atoms in total. The molecule has 0 saturated carbocycles. The minimum Gasteiger partial charge on any atom is -0.491 e. The third-order valence-corrected chi connectivity index (χ3v) is 2.00. The van der Waals surface area contributed by atoms with Gasteiger partial charge in [0.2, 0.25) is 0 Å². The van der Waals surface area contributed by atoms with Crippen LogP contribution in [0.5, 0.6) is 5.75 Å². The highest BCUT2D eigenvalue weighted by Gasteiger charge is 1.96. The minimum absolute atomic E-state index is 0.0310. The number of hydrogen-bond acceptors (Lipinski definition) is 3. The first-order valence-electron chi connectivity index (χ1n) is 4.72. The Bertz CT molecular complexity index is 395. The van der Waals surface area contributed by atoms with Crippen molar-refractivity contribution in [2.24, 2.45) is 0 Å². The van der Waals surface area contributed by atoms with E-state index in [9.17, 15) is 0 Å². The van der Waals surface area contributed by atoms with Gasteiger partial charge in [-0.15, -0.1) is 0 Å². The third-order valence-electron chi connectivity index (χ3n) is 2.00. The first kappa shape index (κ1) is 9.73. The maximum atomic E-state index is 8.60. The van der Waals surface area contributed by atoms with Crippen molar-refractivity contribution < 1.29 is 9.84 Å². The molecule has 2 rings (SSSR count). The zero-order valence-electron chi connectivity index (χ0n) is 8.21. The molecule has 0 aliphatic heterocycles. The number of ether oxygens (including phenoxy) is 1. The Hall–Kier alpha value is -1.81. The van der Waals surface area contributed by atoms with Gasteiger partial charge in [0, 0.05) is 18.1 Å². The summed E-state index contributed by atoms with van der Waals surface area (Å²) < 4.78 is 7.17. The molecule has 0 unspecified atom stereocenters. The zero-order chi connectivity index (χ0) is 10.5. The summed E-state index contributed by atoms with van der Waals surface area (Å²) in [6.45, 7) is 0.355. The molecule has 0 radical (unpaired) electrons. The van der Waals surface area contributed by atoms with Crippen LogP contribution in [0, 0.1) is 0 Å². The summed E-state index contributed by atoms with van der Waals surface area (Å²) in [6, 6.07) is 7.61. The molecule has 0 aliphatic carbocycles. The van der Waals surface area contributed by atoms with Gasteiger partial charge in [-0.05, 0) is 24.3 Å². The van der Waals surface area contributed by atoms with Crippen molar-refractivity contribution >= 4 is 0 Å². The lowest BCUT2D eigenvalue weighted by Gasteiger charge is -2.05. The Morgan fingerprint density at radius 2 is 2.07 bits per heavy atom. The van der Waals surface area contributed by atoms with Crippen LogP contribution in [0.25, 0.3) is 5.69 Å². The van der Waals surface area contributed by atoms with Crippen LogP contribution in [0.3, 0.4) is 0 Å². The molecular formula is C11H12N2O2. The first-order valence-corrected chi connectivity index (χ1v) is 4.72. The van der Waals surface area contributed by atoms with Crippen molar-refractivity contribution in [1.82, 2.24) is 9.55 Å². The van der Waals surface area contributed by atoms with Gasteiger partial charge < -0.3 is 14.4 Å². The van der Waals surface area contributed by atoms with E-state index >= 15 is 0 Å². The largest absolute Gasteiger partial charge is 0.491 e. The molecule has 0 atom stereocenters. The molecule has 0 saturated heterocycles. The van der Waals surface area contributed by atoms with Crippen molar-refractivity contribution in [3.8, 4) is 11.4 Å². The van der Waals surface area contributed by atoms with E-state index in [1.807, 2.05) is 35.0 Å². The maximum absolute atomic E-state index is 8.60. The van der Waals surface area contributed by atoms with Crippen LogP contribution >= 0.6 is 0 Å². The second-order valence-corrected chi connectivity index (χ2v) is 3.04. The minimum atomic E-state index is 0.0310. The number of rotatable bonds is 4. The van der Waals surface area contributed by atoms with Crippen LogP contribution in [0.4, 0.5) is 0 Å². The quantitative estimate of drug-likeness (QED) is 0.815. The first-order chi connectivity index (χ1) is 7.40. The summed E-state index contributed by atoms with van der Waals surface area (Å²) in [5.74, 6) is 0.757. The van der Waals surface area contributed by atoms with Crippen molar-refractivity contribution in [3.63, 3.8) is 0 Å². The molecular weight excluding hydrogens is 192 g/mol. The van der Waals surface area contributed by atoms with E-state index < -0.39 is 0 Å². The summed E-state index contributed by atoms with van der Waals surface area (Å²) in [4.78, 5) is 3.97. The van der Waals surface area contributed by atoms with Gasteiger partial charge in [-0.25, -0.2) is 4.98 Å². The van der Waals surface area contributed by atoms with Gasteiger partial charge in [0.1, 0.15) is 12.4 Å². The average molecular weight is 204 g/mol. The molecule has 4 heteroatoms. The summed E-state index contributed by atoms with van der Waals surface area (Å²) >= 11 is 0. The second kappa shape index (κ2) is 4.61. The highest BCUT2D eigenvalue weighted by molar-refractivity contribution is 5.37. The Labute approximate surface area is 87.8 Å². The number of aliphatic hydroxyl groups excluding tert-OH is 1. The normalized spacial score (nSPS) is 10.2. The fourth-order valence-electron chi connectivity index (χ4n) is 1.29. The van der Waals surface area contributed by atoms with Gasteiger partial charge in [0.15, 0.2) is 0 Å². The van der Waals surface area contributed by atoms with Gasteiger partial charge >= 0.3 is 0 Å². The lowest BCUT2D eigenvalue weighted by atomic mass is 10.3. The molecule has 1 aromatic heterocycles. The van der Waals surface area contributed by atoms with Crippen molar-refractivity contribution in [1.29, 1.82) is 0 Å². The van der Waals surface area contributed by atoms with Crippen LogP contribution in [0.1, 0.15) is 0 Å². The number of benzene rings is 1. The van der Waals surface area contributed by atoms with Crippen molar-refractivity contribution in [2.45, 2.75) is 0 Å². The zero-order valence-corrected chi connectivity index (χ0v) is 8.21. The molecule has 78 valence electrons. The van der Waals surface area contributed by atoms with Crippen molar-refractivity contribution in [3.05, 3.63) is 43.0 Å². The summed E-state index contributed by atoms with van der Waals surface area (Å²) in [5.41, 5.74) is 1.03. The maximum Gasteiger partial charge on any atom is 0.119 e. The van der Waals surface area contributed by atoms with Gasteiger partial charge in [0.05, 0.1) is 12.9 Å². The summed E-state index contributed by atoms with van der Waals surface area (Å²) in [5, 5.41) is 8.60. The molecule has 2 aromatic rings. The van der Waals surface area contributed by atoms with Crippen LogP contribution in [-0.4, -0.2) is 27.9 Å². The van der Waals surface area contributed by atoms with Crippen LogP contribution in [-0.2, 0) is 0 Å². The summed E-state index contributed by atoms with van der Waals surface area (Å²) in [7, 11) is 0. The van der Waals surface area contributed by atoms with Crippen LogP contribution in [0.2, 0.25) is 0 Å². The number of aliphatic hydroxyl groups is 1. The molecule has 1 N–H and O–H groups in total. The molecule has 0 bridgehead atoms. The highest BCUT2D eigenvalue weighted by atomic mass is 16.5. The van der Waals surface area contributed by atoms with Gasteiger partial charge in [-0.3, -0.25) is 0 Å². The topological polar surface area (TPSA) is 47.3 Å². The lowest BCUT2D eigenvalue weighted by Crippen LogP contribution is -2.01. The third kappa shape index (κ3) is 2.35. The van der Waals surface area contributed by atoms with E-state index in [0.717, 1.165) is 11.4 Å². The van der Waals surface area contributed by atoms with Gasteiger partial charge in [-0.2, -0.15) is 0 Å². The predicted octanol–water partition coefficient (Wildman–Crippen LogP) is 1.24. The average Bonchev–Trinajstić information content (AvgIpc) is 2.80. The van der Waals surface area contributed by atoms with E-state index in [-0.39, 0.29) is 6.61 Å². The molecule has 0 aliphatic rings. The predicted molar refractivity (Wildman–Crippen MR) is 56.1 cm³/mol. The van der Waals surface area contributed by atoms with Gasteiger partial charge in [0.25, 0.3) is 0 Å². The number of hydrogen-bond donors (Lipinski definition) is 1. The fourth-order valence-corrected chi connectivity index (χ4v) is 1.29. The Morgan fingerprint density at radius 1 is 1.27 bits per heavy atom. The Morgan fingerprint density at radius 3 is 2.67 bits per heavy atom. The smallest absolute Gasteiger partial charge is 0.119 e. The number of aromatic nitrogens is 2. The molecule has 0 spiro atoms. The molecule has 1 heterocycles. The van der Waals surface area contributed by atoms with E-state index in [0.29, 0.717) is 6.61 Å². The van der Waals surface area contributed by atoms with E-state index in [1.54, 1.807) is 12.5 Å². The standard InChI is InChI=1S/C11H12N2O2/c14-7-8-15-11-3-1-10(2-4-11)13-6-5-12-9-13/h1-6,9,14H,7-8H2. The molecule has 0 fully saturated rings. The van der Waals surface area contributed by atoms with Crippen molar-refractivity contribution in [2.75, 3.05) is 13.2 Å². The lowest BCUT2D eigenvalue weighted by molar-refractivity contribution is 0.201. The molecule has 15 heavy (non-hydrogen) atoms. The van der Waals surface area contributed by atoms with Gasteiger partial charge in [-0.1, -0.05) is 0 Å². The Balaban J connectivity index is 2.11. The fraction of sp³-hybridized carbons (Fsp3) is 0.182. The van der Waals surface area contributed by atoms with Crippen LogP contribution < -0.4 is 4.74 Å². The van der Waals surface area contributed by atoms with E-state index in [1.165, 1.54) is 0 Å². The molecule has 1 aromatic carbocycles. The highest BCUT2D eigenvalue weighted by Crippen LogP contribution is 2.14.